The number of esters is 2. The fourth-order valence-corrected chi connectivity index (χ4v) is 1.18. The quantitative estimate of drug-likeness (QED) is 0.512. The molecule has 1 N–H and O–H groups in total. The number of halogens is 6. The maximum Gasteiger partial charge on any atom is 0.490 e. The first kappa shape index (κ1) is 20.4. The molecule has 0 saturated heterocycles. The first-order valence-corrected chi connectivity index (χ1v) is 5.79. The zero-order valence-corrected chi connectivity index (χ0v) is 11.0. The van der Waals surface area contributed by atoms with Crippen LogP contribution in [0, 0.1) is 0 Å². The van der Waals surface area contributed by atoms with E-state index in [0.717, 1.165) is 4.90 Å². The zero-order valence-electron chi connectivity index (χ0n) is 11.0. The number of hydrogen-bond donors (Lipinski definition) is 1. The lowest BCUT2D eigenvalue weighted by atomic mass is 10.4. The van der Waals surface area contributed by atoms with Crippen molar-refractivity contribution >= 4 is 11.9 Å². The predicted molar refractivity (Wildman–Crippen MR) is 57.6 cm³/mol. The van der Waals surface area contributed by atoms with E-state index in [2.05, 4.69) is 9.47 Å². The largest absolute Gasteiger partial charge is 0.490 e. The lowest BCUT2D eigenvalue weighted by molar-refractivity contribution is -0.201. The molecule has 0 fully saturated rings. The van der Waals surface area contributed by atoms with Gasteiger partial charge in [0.15, 0.2) is 0 Å². The summed E-state index contributed by atoms with van der Waals surface area (Å²) < 4.78 is 78.8. The van der Waals surface area contributed by atoms with Crippen LogP contribution in [-0.4, -0.2) is 73.8 Å². The molecule has 130 valence electrons. The van der Waals surface area contributed by atoms with Crippen LogP contribution in [0.1, 0.15) is 0 Å². The van der Waals surface area contributed by atoms with Crippen LogP contribution in [0.3, 0.4) is 0 Å². The molecule has 6 nitrogen and oxygen atoms in total. The lowest BCUT2D eigenvalue weighted by Gasteiger charge is -2.21. The van der Waals surface area contributed by atoms with Gasteiger partial charge in [-0.25, -0.2) is 9.59 Å². The van der Waals surface area contributed by atoms with Crippen molar-refractivity contribution in [3.05, 3.63) is 0 Å². The molecular formula is C10H13F6NO5. The Kier molecular flexibility index (Phi) is 8.16. The number of hydrogen-bond acceptors (Lipinski definition) is 6. The van der Waals surface area contributed by atoms with Crippen molar-refractivity contribution in [2.45, 2.75) is 12.4 Å². The molecule has 12 heteroatoms. The van der Waals surface area contributed by atoms with E-state index in [9.17, 15) is 35.9 Å². The monoisotopic (exact) mass is 341 g/mol. The number of carbonyl (C=O) groups excluding carboxylic acids is 2. The van der Waals surface area contributed by atoms with Crippen molar-refractivity contribution in [1.29, 1.82) is 0 Å². The highest BCUT2D eigenvalue weighted by Crippen LogP contribution is 2.17. The number of rotatable bonds is 8. The van der Waals surface area contributed by atoms with Gasteiger partial charge in [-0.05, 0) is 0 Å². The Morgan fingerprint density at radius 1 is 0.818 bits per heavy atom. The highest BCUT2D eigenvalue weighted by Gasteiger charge is 2.41. The molecule has 0 bridgehead atoms. The average molecular weight is 341 g/mol. The minimum atomic E-state index is -5.15. The molecule has 22 heavy (non-hydrogen) atoms. The van der Waals surface area contributed by atoms with Gasteiger partial charge in [-0.1, -0.05) is 0 Å². The third kappa shape index (κ3) is 8.67. The molecule has 0 atom stereocenters. The predicted octanol–water partition coefficient (Wildman–Crippen LogP) is 0.492. The Morgan fingerprint density at radius 3 is 1.45 bits per heavy atom. The van der Waals surface area contributed by atoms with Gasteiger partial charge in [-0.15, -0.1) is 0 Å². The highest BCUT2D eigenvalue weighted by atomic mass is 19.4. The number of carbonyl (C=O) groups is 2. The van der Waals surface area contributed by atoms with Gasteiger partial charge in [0.05, 0.1) is 6.61 Å². The highest BCUT2D eigenvalue weighted by molar-refractivity contribution is 5.75. The molecule has 0 aliphatic carbocycles. The molecule has 0 radical (unpaired) electrons. The van der Waals surface area contributed by atoms with E-state index in [1.165, 1.54) is 0 Å². The van der Waals surface area contributed by atoms with Crippen molar-refractivity contribution in [1.82, 2.24) is 4.90 Å². The Balaban J connectivity index is 4.12. The van der Waals surface area contributed by atoms with E-state index in [-0.39, 0.29) is 19.6 Å². The van der Waals surface area contributed by atoms with Crippen LogP contribution in [0.15, 0.2) is 0 Å². The topological polar surface area (TPSA) is 76.1 Å². The van der Waals surface area contributed by atoms with E-state index in [4.69, 9.17) is 5.11 Å². The molecule has 0 aromatic heterocycles. The molecule has 0 saturated carbocycles. The first-order valence-electron chi connectivity index (χ1n) is 5.79. The summed E-state index contributed by atoms with van der Waals surface area (Å²) in [6, 6.07) is 0. The zero-order chi connectivity index (χ0) is 17.4. The molecular weight excluding hydrogens is 328 g/mol. The molecule has 0 aliphatic rings. The molecule has 0 unspecified atom stereocenters. The second-order valence-electron chi connectivity index (χ2n) is 3.83. The Hall–Kier alpha value is -1.56. The summed E-state index contributed by atoms with van der Waals surface area (Å²) in [6.45, 7) is -2.51. The normalized spacial score (nSPS) is 12.4. The summed E-state index contributed by atoms with van der Waals surface area (Å²) in [5.74, 6) is -4.81. The molecule has 0 heterocycles. The molecule has 0 aromatic rings. The van der Waals surface area contributed by atoms with Crippen LogP contribution in [0.25, 0.3) is 0 Å². The molecule has 0 rings (SSSR count). The Bertz CT molecular complexity index is 338. The molecule has 0 aromatic carbocycles. The van der Waals surface area contributed by atoms with Crippen molar-refractivity contribution in [3.8, 4) is 0 Å². The van der Waals surface area contributed by atoms with E-state index in [0.29, 0.717) is 0 Å². The number of nitrogens with zero attached hydrogens (tertiary/aromatic N) is 1. The van der Waals surface area contributed by atoms with Gasteiger partial charge in [0.2, 0.25) is 0 Å². The maximum atomic E-state index is 11.8. The van der Waals surface area contributed by atoms with Gasteiger partial charge in [0, 0.05) is 19.6 Å². The third-order valence-electron chi connectivity index (χ3n) is 2.16. The fraction of sp³-hybridized carbons (Fsp3) is 0.800. The summed E-state index contributed by atoms with van der Waals surface area (Å²) in [6.07, 6.45) is -10.3. The summed E-state index contributed by atoms with van der Waals surface area (Å²) in [4.78, 5) is 22.0. The SMILES string of the molecule is O=C(OCCN(CCO)CCOC(=O)C(F)(F)F)C(F)(F)F. The van der Waals surface area contributed by atoms with Crippen LogP contribution >= 0.6 is 0 Å². The smallest absolute Gasteiger partial charge is 0.458 e. The Morgan fingerprint density at radius 2 is 1.18 bits per heavy atom. The van der Waals surface area contributed by atoms with Crippen LogP contribution in [0.4, 0.5) is 26.3 Å². The van der Waals surface area contributed by atoms with Crippen LogP contribution < -0.4 is 0 Å². The summed E-state index contributed by atoms with van der Waals surface area (Å²) in [5, 5.41) is 8.70. The summed E-state index contributed by atoms with van der Waals surface area (Å²) >= 11 is 0. The lowest BCUT2D eigenvalue weighted by Crippen LogP contribution is -2.36. The fourth-order valence-electron chi connectivity index (χ4n) is 1.18. The first-order chi connectivity index (χ1) is 9.98. The van der Waals surface area contributed by atoms with E-state index in [1.54, 1.807) is 0 Å². The minimum Gasteiger partial charge on any atom is -0.458 e. The van der Waals surface area contributed by atoms with E-state index >= 15 is 0 Å². The van der Waals surface area contributed by atoms with Crippen molar-refractivity contribution in [2.75, 3.05) is 39.5 Å². The minimum absolute atomic E-state index is 0.118. The Labute approximate surface area is 120 Å². The van der Waals surface area contributed by atoms with Crippen molar-refractivity contribution in [3.63, 3.8) is 0 Å². The molecule has 0 aliphatic heterocycles. The van der Waals surface area contributed by atoms with Crippen molar-refractivity contribution < 1.29 is 50.5 Å². The third-order valence-corrected chi connectivity index (χ3v) is 2.16. The van der Waals surface area contributed by atoms with Gasteiger partial charge in [-0.3, -0.25) is 4.90 Å². The van der Waals surface area contributed by atoms with Gasteiger partial charge in [0.25, 0.3) is 0 Å². The standard InChI is InChI=1S/C10H13F6NO5/c11-9(12,13)7(19)21-5-2-17(1-4-18)3-6-22-8(20)10(14,15)16/h18H,1-6H2. The van der Waals surface area contributed by atoms with Crippen LogP contribution in [-0.2, 0) is 19.1 Å². The van der Waals surface area contributed by atoms with Gasteiger partial charge < -0.3 is 14.6 Å². The second-order valence-corrected chi connectivity index (χ2v) is 3.83. The van der Waals surface area contributed by atoms with Crippen LogP contribution in [0.5, 0.6) is 0 Å². The number of aliphatic hydroxyl groups is 1. The maximum absolute atomic E-state index is 11.8. The second kappa shape index (κ2) is 8.78. The number of aliphatic hydroxyl groups excluding tert-OH is 1. The number of alkyl halides is 6. The number of ether oxygens (including phenoxy) is 2. The summed E-state index contributed by atoms with van der Waals surface area (Å²) in [5.41, 5.74) is 0. The van der Waals surface area contributed by atoms with Crippen LogP contribution in [0.2, 0.25) is 0 Å². The summed E-state index contributed by atoms with van der Waals surface area (Å²) in [7, 11) is 0. The van der Waals surface area contributed by atoms with E-state index in [1.807, 2.05) is 0 Å². The van der Waals surface area contributed by atoms with Gasteiger partial charge in [-0.2, -0.15) is 26.3 Å². The molecule has 0 amide bonds. The average Bonchev–Trinajstić information content (AvgIpc) is 2.36. The van der Waals surface area contributed by atoms with Gasteiger partial charge in [0.1, 0.15) is 13.2 Å². The molecule has 0 spiro atoms. The van der Waals surface area contributed by atoms with Crippen molar-refractivity contribution in [2.24, 2.45) is 0 Å². The van der Waals surface area contributed by atoms with E-state index < -0.39 is 44.1 Å². The van der Waals surface area contributed by atoms with Gasteiger partial charge >= 0.3 is 24.3 Å².